The van der Waals surface area contributed by atoms with Gasteiger partial charge in [0.05, 0.1) is 0 Å². The molecule has 67 valence electrons. The summed E-state index contributed by atoms with van der Waals surface area (Å²) in [7, 11) is 0. The minimum Gasteiger partial charge on any atom is -0.336 e. The SMILES string of the molecule is CC(F)OC1C=Cc2cc[c]cc21. The average Bonchev–Trinajstić information content (AvgIpc) is 2.48. The second kappa shape index (κ2) is 3.30. The minimum absolute atomic E-state index is 0.243. The van der Waals surface area contributed by atoms with Gasteiger partial charge >= 0.3 is 0 Å². The molecule has 0 bridgehead atoms. The van der Waals surface area contributed by atoms with Crippen LogP contribution >= 0.6 is 0 Å². The summed E-state index contributed by atoms with van der Waals surface area (Å²) in [5.41, 5.74) is 2.08. The molecule has 1 aliphatic carbocycles. The highest BCUT2D eigenvalue weighted by Crippen LogP contribution is 2.31. The number of halogens is 1. The molecular weight excluding hydrogens is 167 g/mol. The largest absolute Gasteiger partial charge is 0.336 e. The fourth-order valence-corrected chi connectivity index (χ4v) is 1.47. The summed E-state index contributed by atoms with van der Waals surface area (Å²) < 4.78 is 17.6. The fraction of sp³-hybridized carbons (Fsp3) is 0.273. The maximum atomic E-state index is 12.6. The first-order valence-electron chi connectivity index (χ1n) is 4.25. The minimum atomic E-state index is -1.24. The Labute approximate surface area is 76.8 Å². The van der Waals surface area contributed by atoms with Crippen LogP contribution in [0.2, 0.25) is 0 Å². The second-order valence-electron chi connectivity index (χ2n) is 3.01. The third kappa shape index (κ3) is 1.63. The molecule has 1 aromatic carbocycles. The molecule has 2 unspecified atom stereocenters. The van der Waals surface area contributed by atoms with E-state index in [4.69, 9.17) is 4.74 Å². The maximum Gasteiger partial charge on any atom is 0.196 e. The Bertz CT molecular complexity index is 331. The van der Waals surface area contributed by atoms with Crippen LogP contribution in [0.25, 0.3) is 6.08 Å². The summed E-state index contributed by atoms with van der Waals surface area (Å²) in [6.45, 7) is 1.39. The van der Waals surface area contributed by atoms with Crippen LogP contribution in [0.3, 0.4) is 0 Å². The van der Waals surface area contributed by atoms with Gasteiger partial charge in [0.2, 0.25) is 0 Å². The van der Waals surface area contributed by atoms with Crippen molar-refractivity contribution in [2.45, 2.75) is 19.4 Å². The standard InChI is InChI=1S/C11H10FO/c1-8(12)13-11-7-6-9-4-2-3-5-10(9)11/h2,4-8,11H,1H3. The monoisotopic (exact) mass is 177 g/mol. The van der Waals surface area contributed by atoms with E-state index >= 15 is 0 Å². The lowest BCUT2D eigenvalue weighted by molar-refractivity contribution is -0.0551. The van der Waals surface area contributed by atoms with Gasteiger partial charge in [0.25, 0.3) is 0 Å². The van der Waals surface area contributed by atoms with E-state index in [1.54, 1.807) is 0 Å². The van der Waals surface area contributed by atoms with Crippen molar-refractivity contribution >= 4 is 6.08 Å². The van der Waals surface area contributed by atoms with Gasteiger partial charge in [-0.15, -0.1) is 0 Å². The third-order valence-electron chi connectivity index (χ3n) is 2.02. The predicted molar refractivity (Wildman–Crippen MR) is 48.7 cm³/mol. The van der Waals surface area contributed by atoms with E-state index in [-0.39, 0.29) is 6.10 Å². The molecule has 1 nitrogen and oxygen atoms in total. The molecule has 0 spiro atoms. The van der Waals surface area contributed by atoms with Crippen LogP contribution in [-0.4, -0.2) is 6.36 Å². The Morgan fingerprint density at radius 1 is 1.62 bits per heavy atom. The Kier molecular flexibility index (Phi) is 2.15. The molecule has 2 heteroatoms. The van der Waals surface area contributed by atoms with Gasteiger partial charge in [-0.05, 0) is 30.2 Å². The summed E-state index contributed by atoms with van der Waals surface area (Å²) in [5, 5.41) is 0. The van der Waals surface area contributed by atoms with E-state index in [9.17, 15) is 4.39 Å². The molecule has 0 saturated heterocycles. The number of rotatable bonds is 2. The summed E-state index contributed by atoms with van der Waals surface area (Å²) in [6, 6.07) is 8.57. The van der Waals surface area contributed by atoms with Crippen molar-refractivity contribution in [3.05, 3.63) is 41.5 Å². The van der Waals surface area contributed by atoms with Gasteiger partial charge in [-0.3, -0.25) is 0 Å². The van der Waals surface area contributed by atoms with E-state index in [1.807, 2.05) is 30.4 Å². The first kappa shape index (κ1) is 8.45. The average molecular weight is 177 g/mol. The van der Waals surface area contributed by atoms with Gasteiger partial charge in [-0.2, -0.15) is 0 Å². The van der Waals surface area contributed by atoms with E-state index < -0.39 is 6.36 Å². The fourth-order valence-electron chi connectivity index (χ4n) is 1.47. The summed E-state index contributed by atoms with van der Waals surface area (Å²) in [5.74, 6) is 0. The van der Waals surface area contributed by atoms with Crippen LogP contribution in [0.5, 0.6) is 0 Å². The molecule has 0 aliphatic heterocycles. The Hall–Kier alpha value is -1.15. The third-order valence-corrected chi connectivity index (χ3v) is 2.02. The molecule has 0 aromatic heterocycles. The van der Waals surface area contributed by atoms with Crippen molar-refractivity contribution in [3.8, 4) is 0 Å². The number of hydrogen-bond acceptors (Lipinski definition) is 1. The van der Waals surface area contributed by atoms with Gasteiger partial charge in [0.1, 0.15) is 6.10 Å². The highest BCUT2D eigenvalue weighted by Gasteiger charge is 2.18. The summed E-state index contributed by atoms with van der Waals surface area (Å²) in [4.78, 5) is 0. The van der Waals surface area contributed by atoms with Gasteiger partial charge < -0.3 is 4.74 Å². The van der Waals surface area contributed by atoms with Crippen LogP contribution in [0, 0.1) is 6.07 Å². The number of hydrogen-bond donors (Lipinski definition) is 0. The lowest BCUT2D eigenvalue weighted by atomic mass is 10.1. The van der Waals surface area contributed by atoms with Gasteiger partial charge in [-0.25, -0.2) is 4.39 Å². The quantitative estimate of drug-likeness (QED) is 0.674. The van der Waals surface area contributed by atoms with Crippen molar-refractivity contribution in [1.82, 2.24) is 0 Å². The Morgan fingerprint density at radius 2 is 2.46 bits per heavy atom. The number of ether oxygens (including phenoxy) is 1. The smallest absolute Gasteiger partial charge is 0.196 e. The van der Waals surface area contributed by atoms with Crippen molar-refractivity contribution in [2.24, 2.45) is 0 Å². The predicted octanol–water partition coefficient (Wildman–Crippen LogP) is 2.89. The zero-order valence-electron chi connectivity index (χ0n) is 7.33. The molecule has 13 heavy (non-hydrogen) atoms. The zero-order valence-corrected chi connectivity index (χ0v) is 7.33. The lowest BCUT2D eigenvalue weighted by Crippen LogP contribution is -2.05. The molecule has 2 rings (SSSR count). The number of alkyl halides is 1. The Balaban J connectivity index is 2.23. The van der Waals surface area contributed by atoms with Crippen molar-refractivity contribution in [2.75, 3.05) is 0 Å². The molecule has 0 N–H and O–H groups in total. The van der Waals surface area contributed by atoms with Gasteiger partial charge in [0, 0.05) is 0 Å². The molecule has 0 saturated carbocycles. The Morgan fingerprint density at radius 3 is 3.23 bits per heavy atom. The first-order chi connectivity index (χ1) is 6.27. The molecule has 0 amide bonds. The zero-order chi connectivity index (χ0) is 9.26. The van der Waals surface area contributed by atoms with Crippen LogP contribution in [0.4, 0.5) is 4.39 Å². The number of fused-ring (bicyclic) bond motifs is 1. The normalized spacial score (nSPS) is 21.5. The second-order valence-corrected chi connectivity index (χ2v) is 3.01. The number of benzene rings is 1. The van der Waals surface area contributed by atoms with Crippen molar-refractivity contribution in [3.63, 3.8) is 0 Å². The van der Waals surface area contributed by atoms with E-state index in [0.717, 1.165) is 11.1 Å². The lowest BCUT2D eigenvalue weighted by Gasteiger charge is -2.12. The molecule has 1 radical (unpaired) electrons. The van der Waals surface area contributed by atoms with Crippen molar-refractivity contribution in [1.29, 1.82) is 0 Å². The molecule has 2 atom stereocenters. The van der Waals surface area contributed by atoms with E-state index in [2.05, 4.69) is 6.07 Å². The highest BCUT2D eigenvalue weighted by molar-refractivity contribution is 5.61. The van der Waals surface area contributed by atoms with Crippen molar-refractivity contribution < 1.29 is 9.13 Å². The van der Waals surface area contributed by atoms with Crippen LogP contribution < -0.4 is 0 Å². The van der Waals surface area contributed by atoms with Crippen LogP contribution in [0.15, 0.2) is 24.3 Å². The topological polar surface area (TPSA) is 9.23 Å². The van der Waals surface area contributed by atoms with E-state index in [1.165, 1.54) is 6.92 Å². The first-order valence-corrected chi connectivity index (χ1v) is 4.25. The van der Waals surface area contributed by atoms with E-state index in [0.29, 0.717) is 0 Å². The molecule has 0 heterocycles. The summed E-state index contributed by atoms with van der Waals surface area (Å²) in [6.07, 6.45) is 2.32. The van der Waals surface area contributed by atoms with Crippen LogP contribution in [0.1, 0.15) is 24.2 Å². The molecule has 1 aliphatic rings. The summed E-state index contributed by atoms with van der Waals surface area (Å²) >= 11 is 0. The molecular formula is C11H10FO. The van der Waals surface area contributed by atoms with Crippen LogP contribution in [-0.2, 0) is 4.74 Å². The molecule has 0 fully saturated rings. The highest BCUT2D eigenvalue weighted by atomic mass is 19.1. The maximum absolute atomic E-state index is 12.6. The molecule has 1 aromatic rings. The van der Waals surface area contributed by atoms with Gasteiger partial charge in [-0.1, -0.05) is 24.3 Å². The van der Waals surface area contributed by atoms with Gasteiger partial charge in [0.15, 0.2) is 6.36 Å².